The van der Waals surface area contributed by atoms with Gasteiger partial charge in [0, 0.05) is 31.2 Å². The lowest BCUT2D eigenvalue weighted by Gasteiger charge is -2.38. The van der Waals surface area contributed by atoms with E-state index in [1.165, 1.54) is 25.0 Å². The molecule has 8 nitrogen and oxygen atoms in total. The number of likely N-dealkylation sites (N-methyl/N-ethyl adjacent to an activating group) is 1. The summed E-state index contributed by atoms with van der Waals surface area (Å²) in [6, 6.07) is 7.64. The summed E-state index contributed by atoms with van der Waals surface area (Å²) in [4.78, 5) is 17.5. The molecule has 1 aliphatic heterocycles. The van der Waals surface area contributed by atoms with Gasteiger partial charge >= 0.3 is 0 Å². The van der Waals surface area contributed by atoms with Gasteiger partial charge in [0.15, 0.2) is 0 Å². The molecule has 0 spiro atoms. The molecule has 1 aromatic carbocycles. The third-order valence-electron chi connectivity index (χ3n) is 6.44. The van der Waals surface area contributed by atoms with Crippen LogP contribution in [-0.4, -0.2) is 74.7 Å². The van der Waals surface area contributed by atoms with Gasteiger partial charge in [-0.3, -0.25) is 9.52 Å². The summed E-state index contributed by atoms with van der Waals surface area (Å²) in [6.45, 7) is 5.90. The number of carbonyl (C=O) groups is 1. The van der Waals surface area contributed by atoms with Crippen LogP contribution in [0.25, 0.3) is 0 Å². The Morgan fingerprint density at radius 3 is 2.71 bits per heavy atom. The van der Waals surface area contributed by atoms with E-state index in [2.05, 4.69) is 23.6 Å². The summed E-state index contributed by atoms with van der Waals surface area (Å²) >= 11 is 1.12. The highest BCUT2D eigenvalue weighted by atomic mass is 32.2. The fraction of sp³-hybridized carbons (Fsp3) is 0.542. The fourth-order valence-electron chi connectivity index (χ4n) is 4.25. The number of benzene rings is 1. The van der Waals surface area contributed by atoms with Crippen LogP contribution in [0.4, 0.5) is 5.69 Å². The summed E-state index contributed by atoms with van der Waals surface area (Å²) in [5.74, 6) is 0.943. The number of amides is 1. The van der Waals surface area contributed by atoms with Crippen molar-refractivity contribution in [1.82, 2.24) is 9.80 Å². The molecule has 34 heavy (non-hydrogen) atoms. The van der Waals surface area contributed by atoms with E-state index in [0.29, 0.717) is 12.3 Å². The van der Waals surface area contributed by atoms with Crippen LogP contribution in [0.2, 0.25) is 0 Å². The number of carbonyl (C=O) groups excluding carboxylic acids is 1. The van der Waals surface area contributed by atoms with Crippen LogP contribution in [0.5, 0.6) is 5.75 Å². The van der Waals surface area contributed by atoms with E-state index < -0.39 is 10.0 Å². The van der Waals surface area contributed by atoms with Gasteiger partial charge in [-0.2, -0.15) is 0 Å². The maximum absolute atomic E-state index is 13.5. The Labute approximate surface area is 205 Å². The number of anilines is 1. The Kier molecular flexibility index (Phi) is 7.51. The van der Waals surface area contributed by atoms with Gasteiger partial charge in [-0.05, 0) is 62.4 Å². The summed E-state index contributed by atoms with van der Waals surface area (Å²) in [5.41, 5.74) is 0.574. The molecule has 0 bridgehead atoms. The average Bonchev–Trinajstić information content (AvgIpc) is 3.41. The minimum atomic E-state index is -3.75. The lowest BCUT2D eigenvalue weighted by Crippen LogP contribution is -2.50. The first kappa shape index (κ1) is 25.0. The van der Waals surface area contributed by atoms with Crippen LogP contribution >= 0.6 is 11.3 Å². The zero-order valence-corrected chi connectivity index (χ0v) is 21.4. The van der Waals surface area contributed by atoms with E-state index in [9.17, 15) is 18.3 Å². The molecule has 1 aromatic heterocycles. The van der Waals surface area contributed by atoms with Crippen LogP contribution < -0.4 is 9.46 Å². The molecule has 2 aromatic rings. The van der Waals surface area contributed by atoms with Crippen LogP contribution in [-0.2, 0) is 10.0 Å². The quantitative estimate of drug-likeness (QED) is 0.541. The van der Waals surface area contributed by atoms with Crippen molar-refractivity contribution in [2.24, 2.45) is 11.8 Å². The molecule has 0 radical (unpaired) electrons. The first-order valence-corrected chi connectivity index (χ1v) is 14.0. The number of aliphatic hydroxyl groups excluding tert-OH is 1. The van der Waals surface area contributed by atoms with E-state index in [1.807, 2.05) is 6.92 Å². The number of thiophene rings is 1. The maximum atomic E-state index is 13.5. The number of ether oxygens (including phenoxy) is 1. The number of sulfonamides is 1. The van der Waals surface area contributed by atoms with Crippen molar-refractivity contribution in [2.45, 2.75) is 43.0 Å². The molecular formula is C24H33N3O5S2. The van der Waals surface area contributed by atoms with Crippen LogP contribution in [0.15, 0.2) is 39.9 Å². The minimum absolute atomic E-state index is 0.0461. The second kappa shape index (κ2) is 10.2. The highest BCUT2D eigenvalue weighted by Crippen LogP contribution is 2.33. The van der Waals surface area contributed by atoms with Crippen molar-refractivity contribution >= 4 is 33.0 Å². The molecule has 1 saturated carbocycles. The molecule has 10 heteroatoms. The normalized spacial score (nSPS) is 22.0. The van der Waals surface area contributed by atoms with Crippen LogP contribution in [0.3, 0.4) is 0 Å². The van der Waals surface area contributed by atoms with Crippen LogP contribution in [0.1, 0.15) is 37.0 Å². The average molecular weight is 508 g/mol. The number of fused-ring (bicyclic) bond motifs is 1. The maximum Gasteiger partial charge on any atom is 0.271 e. The molecule has 4 rings (SSSR count). The molecule has 2 aliphatic rings. The second-order valence-corrected chi connectivity index (χ2v) is 12.4. The number of rotatable bonds is 9. The summed E-state index contributed by atoms with van der Waals surface area (Å²) in [5, 5.41) is 11.5. The standard InChI is InChI=1S/C24H33N3O5S2/c1-16-12-27(17(2)15-28)24(29)20-11-19(25-34(30,31)23-5-4-10-33-23)8-9-21(20)32-22(16)14-26(3)13-18-6-7-18/h4-5,8-11,16-18,22,25,28H,6-7,12-15H2,1-3H3/t16-,17+,22-/m0/s1. The van der Waals surface area contributed by atoms with Gasteiger partial charge in [-0.1, -0.05) is 13.0 Å². The monoisotopic (exact) mass is 507 g/mol. The lowest BCUT2D eigenvalue weighted by atomic mass is 9.99. The Hall–Kier alpha value is -2.14. The Morgan fingerprint density at radius 2 is 2.06 bits per heavy atom. The first-order chi connectivity index (χ1) is 16.2. The zero-order chi connectivity index (χ0) is 24.5. The molecule has 1 aliphatic carbocycles. The predicted molar refractivity (Wildman–Crippen MR) is 133 cm³/mol. The molecule has 186 valence electrons. The first-order valence-electron chi connectivity index (χ1n) is 11.7. The van der Waals surface area contributed by atoms with Crippen molar-refractivity contribution in [3.8, 4) is 5.75 Å². The number of hydrogen-bond donors (Lipinski definition) is 2. The summed E-state index contributed by atoms with van der Waals surface area (Å²) in [6.07, 6.45) is 2.39. The molecule has 2 heterocycles. The fourth-order valence-corrected chi connectivity index (χ4v) is 6.29. The largest absolute Gasteiger partial charge is 0.488 e. The van der Waals surface area contributed by atoms with Crippen molar-refractivity contribution in [3.63, 3.8) is 0 Å². The van der Waals surface area contributed by atoms with E-state index in [0.717, 1.165) is 30.3 Å². The third-order valence-corrected chi connectivity index (χ3v) is 9.21. The van der Waals surface area contributed by atoms with E-state index >= 15 is 0 Å². The van der Waals surface area contributed by atoms with Crippen molar-refractivity contribution in [2.75, 3.05) is 38.0 Å². The molecule has 1 amide bonds. The number of nitrogens with zero attached hydrogens (tertiary/aromatic N) is 2. The predicted octanol–water partition coefficient (Wildman–Crippen LogP) is 3.11. The van der Waals surface area contributed by atoms with Gasteiger partial charge in [-0.25, -0.2) is 8.42 Å². The Balaban J connectivity index is 1.64. The Bertz CT molecular complexity index is 1100. The summed E-state index contributed by atoms with van der Waals surface area (Å²) < 4.78 is 34.5. The van der Waals surface area contributed by atoms with Gasteiger partial charge in [0.1, 0.15) is 16.1 Å². The zero-order valence-electron chi connectivity index (χ0n) is 19.8. The Morgan fingerprint density at radius 1 is 1.29 bits per heavy atom. The van der Waals surface area contributed by atoms with Gasteiger partial charge in [0.25, 0.3) is 15.9 Å². The van der Waals surface area contributed by atoms with Crippen molar-refractivity contribution in [3.05, 3.63) is 41.3 Å². The second-order valence-electron chi connectivity index (χ2n) is 9.54. The van der Waals surface area contributed by atoms with E-state index in [4.69, 9.17) is 4.74 Å². The number of hydrogen-bond acceptors (Lipinski definition) is 7. The van der Waals surface area contributed by atoms with Crippen molar-refractivity contribution in [1.29, 1.82) is 0 Å². The van der Waals surface area contributed by atoms with Crippen LogP contribution in [0, 0.1) is 11.8 Å². The number of nitrogens with one attached hydrogen (secondary N) is 1. The van der Waals surface area contributed by atoms with Crippen molar-refractivity contribution < 1.29 is 23.1 Å². The van der Waals surface area contributed by atoms with Gasteiger partial charge in [-0.15, -0.1) is 11.3 Å². The van der Waals surface area contributed by atoms with Gasteiger partial charge in [0.05, 0.1) is 18.2 Å². The molecular weight excluding hydrogens is 474 g/mol. The highest BCUT2D eigenvalue weighted by Gasteiger charge is 2.34. The lowest BCUT2D eigenvalue weighted by molar-refractivity contribution is 0.0344. The minimum Gasteiger partial charge on any atom is -0.488 e. The van der Waals surface area contributed by atoms with Gasteiger partial charge < -0.3 is 19.6 Å². The third kappa shape index (κ3) is 5.73. The van der Waals surface area contributed by atoms with Gasteiger partial charge in [0.2, 0.25) is 0 Å². The smallest absolute Gasteiger partial charge is 0.271 e. The SMILES string of the molecule is C[C@H](CO)N1C[C@H](C)[C@H](CN(C)CC2CC2)Oc2ccc(NS(=O)(=O)c3cccs3)cc2C1=O. The molecule has 2 N–H and O–H groups in total. The summed E-state index contributed by atoms with van der Waals surface area (Å²) in [7, 11) is -1.66. The number of aliphatic hydroxyl groups is 1. The molecule has 1 fully saturated rings. The molecule has 3 atom stereocenters. The van der Waals surface area contributed by atoms with E-state index in [-0.39, 0.29) is 46.0 Å². The molecule has 0 unspecified atom stereocenters. The molecule has 0 saturated heterocycles. The highest BCUT2D eigenvalue weighted by molar-refractivity contribution is 7.94. The van der Waals surface area contributed by atoms with E-state index in [1.54, 1.807) is 28.5 Å². The topological polar surface area (TPSA) is 99.2 Å².